The van der Waals surface area contributed by atoms with E-state index in [4.69, 9.17) is 4.74 Å². The zero-order valence-electron chi connectivity index (χ0n) is 10.5. The standard InChI is InChI=1S/C13H13F3O3/c1-12(15,16)7-5-8(10(19-2)9(14)6-7)13(3-4-13)11(17)18/h5-6H,3-4H2,1-2H3,(H,17,18). The van der Waals surface area contributed by atoms with E-state index in [9.17, 15) is 23.1 Å². The molecule has 0 amide bonds. The molecule has 3 nitrogen and oxygen atoms in total. The summed E-state index contributed by atoms with van der Waals surface area (Å²) in [6, 6.07) is 1.71. The molecule has 1 aliphatic carbocycles. The minimum absolute atomic E-state index is 0.0148. The third-order valence-electron chi connectivity index (χ3n) is 3.43. The SMILES string of the molecule is COc1c(F)cc(C(C)(F)F)cc1C1(C(=O)O)CC1. The van der Waals surface area contributed by atoms with Crippen LogP contribution in [0.15, 0.2) is 12.1 Å². The Morgan fingerprint density at radius 1 is 1.42 bits per heavy atom. The van der Waals surface area contributed by atoms with Crippen LogP contribution in [0.1, 0.15) is 30.9 Å². The summed E-state index contributed by atoms with van der Waals surface area (Å²) in [4.78, 5) is 11.3. The maximum atomic E-state index is 13.8. The van der Waals surface area contributed by atoms with Gasteiger partial charge in [-0.15, -0.1) is 0 Å². The number of hydrogen-bond donors (Lipinski definition) is 1. The first-order chi connectivity index (χ1) is 8.72. The molecule has 1 N–H and O–H groups in total. The average molecular weight is 274 g/mol. The number of benzene rings is 1. The van der Waals surface area contributed by atoms with Gasteiger partial charge in [-0.1, -0.05) is 0 Å². The van der Waals surface area contributed by atoms with E-state index in [1.165, 1.54) is 7.11 Å². The predicted molar refractivity (Wildman–Crippen MR) is 61.1 cm³/mol. The summed E-state index contributed by atoms with van der Waals surface area (Å²) in [5.41, 5.74) is -1.86. The number of rotatable bonds is 4. The number of carboxylic acid groups (broad SMARTS) is 1. The summed E-state index contributed by atoms with van der Waals surface area (Å²) >= 11 is 0. The summed E-state index contributed by atoms with van der Waals surface area (Å²) in [5, 5.41) is 9.20. The maximum absolute atomic E-state index is 13.8. The van der Waals surface area contributed by atoms with Gasteiger partial charge in [-0.25, -0.2) is 13.2 Å². The van der Waals surface area contributed by atoms with E-state index >= 15 is 0 Å². The van der Waals surface area contributed by atoms with Gasteiger partial charge in [0.15, 0.2) is 11.6 Å². The molecule has 0 saturated heterocycles. The van der Waals surface area contributed by atoms with Crippen LogP contribution in [0.4, 0.5) is 13.2 Å². The van der Waals surface area contributed by atoms with E-state index in [2.05, 4.69) is 0 Å². The molecule has 0 spiro atoms. The first kappa shape index (κ1) is 13.7. The molecule has 1 aromatic rings. The Balaban J connectivity index is 2.65. The lowest BCUT2D eigenvalue weighted by Crippen LogP contribution is -2.22. The van der Waals surface area contributed by atoms with E-state index in [-0.39, 0.29) is 24.2 Å². The maximum Gasteiger partial charge on any atom is 0.314 e. The minimum atomic E-state index is -3.24. The molecule has 0 radical (unpaired) electrons. The topological polar surface area (TPSA) is 46.5 Å². The number of aliphatic carboxylic acids is 1. The molecule has 0 bridgehead atoms. The Morgan fingerprint density at radius 2 is 2.00 bits per heavy atom. The Labute approximate surface area is 108 Å². The molecule has 0 unspecified atom stereocenters. The molecule has 0 atom stereocenters. The van der Waals surface area contributed by atoms with Gasteiger partial charge >= 0.3 is 5.97 Å². The van der Waals surface area contributed by atoms with Gasteiger partial charge in [-0.2, -0.15) is 0 Å². The van der Waals surface area contributed by atoms with Crippen molar-refractivity contribution in [3.05, 3.63) is 29.1 Å². The van der Waals surface area contributed by atoms with Crippen molar-refractivity contribution in [1.29, 1.82) is 0 Å². The second kappa shape index (κ2) is 4.15. The molecule has 1 fully saturated rings. The molecular weight excluding hydrogens is 261 g/mol. The molecule has 1 saturated carbocycles. The zero-order valence-corrected chi connectivity index (χ0v) is 10.5. The number of hydrogen-bond acceptors (Lipinski definition) is 2. The summed E-state index contributed by atoms with van der Waals surface area (Å²) in [6.45, 7) is 0.637. The van der Waals surface area contributed by atoms with E-state index < -0.39 is 28.7 Å². The van der Waals surface area contributed by atoms with Crippen LogP contribution in [0, 0.1) is 5.82 Å². The van der Waals surface area contributed by atoms with Crippen molar-refractivity contribution in [1.82, 2.24) is 0 Å². The first-order valence-electron chi connectivity index (χ1n) is 5.72. The van der Waals surface area contributed by atoms with Crippen LogP contribution in [0.5, 0.6) is 5.75 Å². The summed E-state index contributed by atoms with van der Waals surface area (Å²) in [7, 11) is 1.18. The molecule has 1 aliphatic rings. The quantitative estimate of drug-likeness (QED) is 0.917. The van der Waals surface area contributed by atoms with Gasteiger partial charge in [0.2, 0.25) is 0 Å². The van der Waals surface area contributed by atoms with Crippen LogP contribution in [0.25, 0.3) is 0 Å². The average Bonchev–Trinajstić information content (AvgIpc) is 3.07. The smallest absolute Gasteiger partial charge is 0.314 e. The fourth-order valence-electron chi connectivity index (χ4n) is 2.13. The number of halogens is 3. The first-order valence-corrected chi connectivity index (χ1v) is 5.72. The van der Waals surface area contributed by atoms with Crippen molar-refractivity contribution in [2.75, 3.05) is 7.11 Å². The zero-order chi connectivity index (χ0) is 14.4. The second-order valence-electron chi connectivity index (χ2n) is 4.81. The van der Waals surface area contributed by atoms with Crippen LogP contribution in [-0.4, -0.2) is 18.2 Å². The van der Waals surface area contributed by atoms with Crippen molar-refractivity contribution >= 4 is 5.97 Å². The highest BCUT2D eigenvalue weighted by Gasteiger charge is 2.54. The largest absolute Gasteiger partial charge is 0.493 e. The van der Waals surface area contributed by atoms with Crippen LogP contribution < -0.4 is 4.74 Å². The Bertz CT molecular complexity index is 531. The monoisotopic (exact) mass is 274 g/mol. The van der Waals surface area contributed by atoms with Gasteiger partial charge < -0.3 is 9.84 Å². The molecule has 2 rings (SSSR count). The molecule has 0 aliphatic heterocycles. The highest BCUT2D eigenvalue weighted by Crippen LogP contribution is 2.53. The highest BCUT2D eigenvalue weighted by molar-refractivity contribution is 5.86. The van der Waals surface area contributed by atoms with Crippen LogP contribution in [0.3, 0.4) is 0 Å². The fourth-order valence-corrected chi connectivity index (χ4v) is 2.13. The third kappa shape index (κ3) is 2.15. The molecule has 6 heteroatoms. The molecule has 0 aromatic heterocycles. The van der Waals surface area contributed by atoms with E-state index in [0.29, 0.717) is 13.0 Å². The molecular formula is C13H13F3O3. The van der Waals surface area contributed by atoms with E-state index in [1.807, 2.05) is 0 Å². The van der Waals surface area contributed by atoms with Gasteiger partial charge in [-0.3, -0.25) is 4.79 Å². The van der Waals surface area contributed by atoms with Crippen molar-refractivity contribution in [3.8, 4) is 5.75 Å². The number of alkyl halides is 2. The van der Waals surface area contributed by atoms with Crippen molar-refractivity contribution in [2.45, 2.75) is 31.1 Å². The number of ether oxygens (including phenoxy) is 1. The van der Waals surface area contributed by atoms with Gasteiger partial charge in [-0.05, 0) is 25.0 Å². The van der Waals surface area contributed by atoms with Gasteiger partial charge in [0, 0.05) is 18.1 Å². The predicted octanol–water partition coefficient (Wildman–Crippen LogP) is 3.06. The summed E-state index contributed by atoms with van der Waals surface area (Å²) in [6.07, 6.45) is 0.577. The lowest BCUT2D eigenvalue weighted by Gasteiger charge is -2.19. The van der Waals surface area contributed by atoms with Gasteiger partial charge in [0.25, 0.3) is 5.92 Å². The van der Waals surface area contributed by atoms with E-state index in [1.54, 1.807) is 0 Å². The second-order valence-corrected chi connectivity index (χ2v) is 4.81. The fraction of sp³-hybridized carbons (Fsp3) is 0.462. The van der Waals surface area contributed by atoms with Crippen LogP contribution >= 0.6 is 0 Å². The molecule has 19 heavy (non-hydrogen) atoms. The van der Waals surface area contributed by atoms with Crippen molar-refractivity contribution in [2.24, 2.45) is 0 Å². The normalized spacial score (nSPS) is 17.1. The third-order valence-corrected chi connectivity index (χ3v) is 3.43. The number of methoxy groups -OCH3 is 1. The van der Waals surface area contributed by atoms with Gasteiger partial charge in [0.1, 0.15) is 0 Å². The minimum Gasteiger partial charge on any atom is -0.493 e. The lowest BCUT2D eigenvalue weighted by molar-refractivity contribution is -0.140. The number of carbonyl (C=O) groups is 1. The van der Waals surface area contributed by atoms with Crippen LogP contribution in [-0.2, 0) is 16.1 Å². The summed E-state index contributed by atoms with van der Waals surface area (Å²) < 4.78 is 45.3. The van der Waals surface area contributed by atoms with Gasteiger partial charge in [0.05, 0.1) is 12.5 Å². The van der Waals surface area contributed by atoms with Crippen molar-refractivity contribution in [3.63, 3.8) is 0 Å². The van der Waals surface area contributed by atoms with Crippen LogP contribution in [0.2, 0.25) is 0 Å². The molecule has 1 aromatic carbocycles. The Morgan fingerprint density at radius 3 is 2.37 bits per heavy atom. The van der Waals surface area contributed by atoms with Crippen molar-refractivity contribution < 1.29 is 27.8 Å². The number of carboxylic acids is 1. The molecule has 0 heterocycles. The Hall–Kier alpha value is -1.72. The summed E-state index contributed by atoms with van der Waals surface area (Å²) in [5.74, 6) is -5.63. The molecule has 104 valence electrons. The Kier molecular flexibility index (Phi) is 2.99. The lowest BCUT2D eigenvalue weighted by atomic mass is 9.92. The van der Waals surface area contributed by atoms with E-state index in [0.717, 1.165) is 6.07 Å². The highest BCUT2D eigenvalue weighted by atomic mass is 19.3.